The van der Waals surface area contributed by atoms with E-state index < -0.39 is 21.5 Å². The summed E-state index contributed by atoms with van der Waals surface area (Å²) in [4.78, 5) is 17.5. The second kappa shape index (κ2) is 7.49. The molecule has 1 N–H and O–H groups in total. The van der Waals surface area contributed by atoms with Gasteiger partial charge in [0.05, 0.1) is 23.8 Å². The molecule has 0 aromatic carbocycles. The van der Waals surface area contributed by atoms with Crippen LogP contribution in [-0.2, 0) is 38.1 Å². The number of sulfone groups is 1. The molecule has 134 valence electrons. The van der Waals surface area contributed by atoms with Crippen molar-refractivity contribution in [1.29, 1.82) is 0 Å². The number of amides is 1. The second-order valence-electron chi connectivity index (χ2n) is 6.75. The topological polar surface area (TPSA) is 85.4 Å². The normalized spacial score (nSPS) is 24.4. The Morgan fingerprint density at radius 1 is 1.38 bits per heavy atom. The summed E-state index contributed by atoms with van der Waals surface area (Å²) < 4.78 is 30.0. The van der Waals surface area contributed by atoms with Crippen LogP contribution in [0.1, 0.15) is 48.2 Å². The van der Waals surface area contributed by atoms with Gasteiger partial charge in [0.15, 0.2) is 9.84 Å². The van der Waals surface area contributed by atoms with Crippen molar-refractivity contribution >= 4 is 27.1 Å². The molecule has 8 heteroatoms. The minimum atomic E-state index is -3.51. The van der Waals surface area contributed by atoms with Crippen LogP contribution in [0.15, 0.2) is 0 Å². The highest BCUT2D eigenvalue weighted by atomic mass is 32.2. The van der Waals surface area contributed by atoms with Crippen LogP contribution in [0.3, 0.4) is 0 Å². The molecule has 1 aromatic heterocycles. The quantitative estimate of drug-likeness (QED) is 0.852. The first-order valence-corrected chi connectivity index (χ1v) is 11.1. The van der Waals surface area contributed by atoms with Crippen molar-refractivity contribution in [2.75, 3.05) is 12.4 Å². The number of ether oxygens (including phenoxy) is 1. The Hall–Kier alpha value is -0.990. The van der Waals surface area contributed by atoms with Gasteiger partial charge in [0.2, 0.25) is 5.91 Å². The largest absolute Gasteiger partial charge is 0.375 e. The number of nitrogens with one attached hydrogen (secondary N) is 1. The van der Waals surface area contributed by atoms with Gasteiger partial charge in [-0.25, -0.2) is 13.4 Å². The van der Waals surface area contributed by atoms with Crippen molar-refractivity contribution in [3.05, 3.63) is 15.6 Å². The third-order valence-corrected chi connectivity index (χ3v) is 7.36. The molecule has 3 rings (SSSR count). The van der Waals surface area contributed by atoms with E-state index in [2.05, 4.69) is 17.2 Å². The van der Waals surface area contributed by atoms with E-state index in [4.69, 9.17) is 4.74 Å². The maximum atomic E-state index is 12.3. The maximum Gasteiger partial charge on any atom is 0.235 e. The molecule has 6 nitrogen and oxygen atoms in total. The van der Waals surface area contributed by atoms with Gasteiger partial charge in [-0.05, 0) is 18.8 Å². The number of thiazole rings is 1. The molecular formula is C16H24N2O4S2. The molecule has 2 unspecified atom stereocenters. The summed E-state index contributed by atoms with van der Waals surface area (Å²) in [6.45, 7) is 3.25. The summed E-state index contributed by atoms with van der Waals surface area (Å²) in [6, 6.07) is 0.103. The molecule has 1 saturated carbocycles. The van der Waals surface area contributed by atoms with Gasteiger partial charge >= 0.3 is 0 Å². The number of carbonyl (C=O) groups is 1. The highest BCUT2D eigenvalue weighted by Crippen LogP contribution is 2.25. The minimum Gasteiger partial charge on any atom is -0.375 e. The van der Waals surface area contributed by atoms with Crippen molar-refractivity contribution in [3.8, 4) is 0 Å². The van der Waals surface area contributed by atoms with E-state index in [1.807, 2.05) is 0 Å². The lowest BCUT2D eigenvalue weighted by atomic mass is 9.86. The minimum absolute atomic E-state index is 0.103. The fraction of sp³-hybridized carbons (Fsp3) is 0.750. The fourth-order valence-corrected chi connectivity index (χ4v) is 6.01. The molecule has 1 aromatic rings. The Morgan fingerprint density at radius 2 is 2.17 bits per heavy atom. The third-order valence-electron chi connectivity index (χ3n) is 4.69. The van der Waals surface area contributed by atoms with Crippen molar-refractivity contribution < 1.29 is 17.9 Å². The Balaban J connectivity index is 1.57. The summed E-state index contributed by atoms with van der Waals surface area (Å²) in [5, 5.41) is 3.46. The predicted molar refractivity (Wildman–Crippen MR) is 92.5 cm³/mol. The van der Waals surface area contributed by atoms with Crippen LogP contribution in [0, 0.1) is 5.92 Å². The molecule has 2 atom stereocenters. The Kier molecular flexibility index (Phi) is 5.56. The highest BCUT2D eigenvalue weighted by Gasteiger charge is 2.26. The Labute approximate surface area is 146 Å². The molecule has 1 aliphatic carbocycles. The SMILES string of the molecule is CC1CCCCC1NC(=O)CS(=O)(=O)Cc1nc2c(s1)COCC2. The standard InChI is InChI=1S/C16H24N2O4S2/c1-11-4-2-3-5-12(11)17-15(19)9-24(20,21)10-16-18-13-6-7-22-8-14(13)23-16/h11-12H,2-10H2,1H3,(H,17,19). The van der Waals surface area contributed by atoms with Gasteiger partial charge < -0.3 is 10.1 Å². The number of fused-ring (bicyclic) bond motifs is 1. The van der Waals surface area contributed by atoms with Gasteiger partial charge in [-0.3, -0.25) is 4.79 Å². The van der Waals surface area contributed by atoms with Gasteiger partial charge in [-0.1, -0.05) is 19.8 Å². The summed E-state index contributed by atoms with van der Waals surface area (Å²) in [7, 11) is -3.51. The van der Waals surface area contributed by atoms with Gasteiger partial charge in [0.25, 0.3) is 0 Å². The van der Waals surface area contributed by atoms with E-state index in [0.717, 1.165) is 36.3 Å². The Bertz CT molecular complexity index is 675. The lowest BCUT2D eigenvalue weighted by Gasteiger charge is -2.29. The van der Waals surface area contributed by atoms with Crippen molar-refractivity contribution in [1.82, 2.24) is 10.3 Å². The summed E-state index contributed by atoms with van der Waals surface area (Å²) in [6.07, 6.45) is 5.03. The van der Waals surface area contributed by atoms with Gasteiger partial charge in [0, 0.05) is 12.5 Å². The molecule has 0 spiro atoms. The molecular weight excluding hydrogens is 348 g/mol. The van der Waals surface area contributed by atoms with Gasteiger partial charge in [-0.15, -0.1) is 11.3 Å². The molecule has 2 aliphatic rings. The van der Waals surface area contributed by atoms with E-state index in [1.165, 1.54) is 17.8 Å². The number of hydrogen-bond acceptors (Lipinski definition) is 6. The van der Waals surface area contributed by atoms with E-state index in [0.29, 0.717) is 24.1 Å². The average Bonchev–Trinajstić information content (AvgIpc) is 2.90. The van der Waals surface area contributed by atoms with Crippen LogP contribution in [0.25, 0.3) is 0 Å². The van der Waals surface area contributed by atoms with Crippen LogP contribution in [0.2, 0.25) is 0 Å². The van der Waals surface area contributed by atoms with Crippen molar-refractivity contribution in [3.63, 3.8) is 0 Å². The van der Waals surface area contributed by atoms with Gasteiger partial charge in [-0.2, -0.15) is 0 Å². The lowest BCUT2D eigenvalue weighted by molar-refractivity contribution is -0.119. The highest BCUT2D eigenvalue weighted by molar-refractivity contribution is 7.91. The molecule has 0 saturated heterocycles. The first-order valence-electron chi connectivity index (χ1n) is 8.48. The average molecular weight is 373 g/mol. The summed E-state index contributed by atoms with van der Waals surface area (Å²) in [5.74, 6) is -0.607. The van der Waals surface area contributed by atoms with Crippen LogP contribution in [0.5, 0.6) is 0 Å². The van der Waals surface area contributed by atoms with E-state index >= 15 is 0 Å². The van der Waals surface area contributed by atoms with E-state index in [1.54, 1.807) is 0 Å². The van der Waals surface area contributed by atoms with Crippen molar-refractivity contribution in [2.45, 2.75) is 57.4 Å². The second-order valence-corrected chi connectivity index (χ2v) is 9.98. The molecule has 24 heavy (non-hydrogen) atoms. The molecule has 2 heterocycles. The summed E-state index contributed by atoms with van der Waals surface area (Å²) in [5.41, 5.74) is 0.942. The molecule has 0 bridgehead atoms. The zero-order valence-electron chi connectivity index (χ0n) is 13.9. The van der Waals surface area contributed by atoms with Crippen LogP contribution in [-0.4, -0.2) is 37.7 Å². The number of nitrogens with zero attached hydrogens (tertiary/aromatic N) is 1. The van der Waals surface area contributed by atoms with Crippen LogP contribution in [0.4, 0.5) is 0 Å². The zero-order valence-corrected chi connectivity index (χ0v) is 15.5. The Morgan fingerprint density at radius 3 is 2.92 bits per heavy atom. The van der Waals surface area contributed by atoms with Crippen molar-refractivity contribution in [2.24, 2.45) is 5.92 Å². The predicted octanol–water partition coefficient (Wildman–Crippen LogP) is 1.83. The van der Waals surface area contributed by atoms with E-state index in [-0.39, 0.29) is 11.8 Å². The monoisotopic (exact) mass is 372 g/mol. The first kappa shape index (κ1) is 17.8. The van der Waals surface area contributed by atoms with Crippen LogP contribution < -0.4 is 5.32 Å². The number of carbonyl (C=O) groups excluding carboxylic acids is 1. The molecule has 1 fully saturated rings. The molecule has 0 radical (unpaired) electrons. The van der Waals surface area contributed by atoms with Crippen LogP contribution >= 0.6 is 11.3 Å². The fourth-order valence-electron chi connectivity index (χ4n) is 3.36. The molecule has 1 amide bonds. The zero-order chi connectivity index (χ0) is 17.2. The number of rotatable bonds is 5. The number of hydrogen-bond donors (Lipinski definition) is 1. The van der Waals surface area contributed by atoms with E-state index in [9.17, 15) is 13.2 Å². The number of aromatic nitrogens is 1. The summed E-state index contributed by atoms with van der Waals surface area (Å²) >= 11 is 1.38. The first-order chi connectivity index (χ1) is 11.4. The smallest absolute Gasteiger partial charge is 0.235 e. The van der Waals surface area contributed by atoms with Gasteiger partial charge in [0.1, 0.15) is 16.5 Å². The molecule has 1 aliphatic heterocycles. The third kappa shape index (κ3) is 4.55. The maximum absolute atomic E-state index is 12.3. The lowest BCUT2D eigenvalue weighted by Crippen LogP contribution is -2.43.